The minimum atomic E-state index is 0.194. The average molecular weight is 187 g/mol. The van der Waals surface area contributed by atoms with Gasteiger partial charge in [-0.05, 0) is 30.9 Å². The number of nitrogens with zero attached hydrogens (tertiary/aromatic N) is 1. The highest BCUT2D eigenvalue weighted by Gasteiger charge is 2.34. The summed E-state index contributed by atoms with van der Waals surface area (Å²) in [4.78, 5) is 5.43. The van der Waals surface area contributed by atoms with Crippen molar-refractivity contribution >= 4 is 6.21 Å². The number of oxime groups is 1. The zero-order chi connectivity index (χ0) is 9.54. The maximum atomic E-state index is 5.43. The van der Waals surface area contributed by atoms with Gasteiger partial charge in [-0.25, -0.2) is 0 Å². The molecule has 1 heterocycles. The van der Waals surface area contributed by atoms with E-state index in [-0.39, 0.29) is 6.10 Å². The third-order valence-electron chi connectivity index (χ3n) is 3.26. The van der Waals surface area contributed by atoms with Crippen molar-refractivity contribution in [2.75, 3.05) is 0 Å². The van der Waals surface area contributed by atoms with Gasteiger partial charge >= 0.3 is 0 Å². The topological polar surface area (TPSA) is 21.6 Å². The van der Waals surface area contributed by atoms with Crippen molar-refractivity contribution in [3.8, 4) is 0 Å². The lowest BCUT2D eigenvalue weighted by Crippen LogP contribution is -2.19. The van der Waals surface area contributed by atoms with E-state index in [9.17, 15) is 0 Å². The fourth-order valence-corrected chi connectivity index (χ4v) is 2.52. The molecule has 0 spiro atoms. The van der Waals surface area contributed by atoms with Crippen molar-refractivity contribution in [1.82, 2.24) is 0 Å². The van der Waals surface area contributed by atoms with E-state index in [0.29, 0.717) is 5.92 Å². The summed E-state index contributed by atoms with van der Waals surface area (Å²) in [5, 5.41) is 3.94. The monoisotopic (exact) mass is 187 g/mol. The third-order valence-corrected chi connectivity index (χ3v) is 3.26. The van der Waals surface area contributed by atoms with Gasteiger partial charge in [0.1, 0.15) is 0 Å². The highest BCUT2D eigenvalue weighted by atomic mass is 16.6. The Morgan fingerprint density at radius 1 is 1.43 bits per heavy atom. The van der Waals surface area contributed by atoms with Gasteiger partial charge in [0.25, 0.3) is 0 Å². The molecule has 72 valence electrons. The Morgan fingerprint density at radius 2 is 2.36 bits per heavy atom. The van der Waals surface area contributed by atoms with Crippen molar-refractivity contribution in [3.63, 3.8) is 0 Å². The molecule has 0 fully saturated rings. The number of hydrogen-bond donors (Lipinski definition) is 0. The van der Waals surface area contributed by atoms with Gasteiger partial charge in [0.15, 0.2) is 6.10 Å². The second kappa shape index (κ2) is 2.84. The molecule has 1 aliphatic heterocycles. The lowest BCUT2D eigenvalue weighted by Gasteiger charge is -2.26. The number of rotatable bonds is 0. The fourth-order valence-electron chi connectivity index (χ4n) is 2.52. The Bertz CT molecular complexity index is 397. The first kappa shape index (κ1) is 8.04. The van der Waals surface area contributed by atoms with Gasteiger partial charge in [-0.15, -0.1) is 0 Å². The van der Waals surface area contributed by atoms with Crippen LogP contribution in [0.25, 0.3) is 0 Å². The zero-order valence-electron chi connectivity index (χ0n) is 8.23. The molecule has 0 N–H and O–H groups in total. The van der Waals surface area contributed by atoms with Crippen LogP contribution in [-0.4, -0.2) is 6.21 Å². The van der Waals surface area contributed by atoms with Gasteiger partial charge in [-0.2, -0.15) is 0 Å². The summed E-state index contributed by atoms with van der Waals surface area (Å²) in [6, 6.07) is 6.49. The van der Waals surface area contributed by atoms with Gasteiger partial charge < -0.3 is 4.84 Å². The van der Waals surface area contributed by atoms with Crippen LogP contribution in [0.15, 0.2) is 23.4 Å². The molecular formula is C12H13NO. The molecular weight excluding hydrogens is 174 g/mol. The first-order valence-corrected chi connectivity index (χ1v) is 5.14. The molecule has 2 aliphatic rings. The van der Waals surface area contributed by atoms with Crippen LogP contribution >= 0.6 is 0 Å². The van der Waals surface area contributed by atoms with E-state index in [1.54, 1.807) is 0 Å². The van der Waals surface area contributed by atoms with E-state index in [1.807, 2.05) is 6.21 Å². The molecule has 0 radical (unpaired) electrons. The number of fused-ring (bicyclic) bond motifs is 3. The van der Waals surface area contributed by atoms with Crippen molar-refractivity contribution in [2.24, 2.45) is 11.1 Å². The summed E-state index contributed by atoms with van der Waals surface area (Å²) in [6.45, 7) is 2.16. The van der Waals surface area contributed by atoms with E-state index in [1.165, 1.54) is 23.1 Å². The van der Waals surface area contributed by atoms with Crippen LogP contribution in [0.5, 0.6) is 0 Å². The molecule has 3 rings (SSSR count). The first-order chi connectivity index (χ1) is 6.86. The van der Waals surface area contributed by atoms with E-state index < -0.39 is 0 Å². The van der Waals surface area contributed by atoms with Crippen molar-refractivity contribution in [3.05, 3.63) is 34.9 Å². The summed E-state index contributed by atoms with van der Waals surface area (Å²) >= 11 is 0. The van der Waals surface area contributed by atoms with Crippen LogP contribution in [0.2, 0.25) is 0 Å². The van der Waals surface area contributed by atoms with Crippen LogP contribution in [0, 0.1) is 12.8 Å². The predicted octanol–water partition coefficient (Wildman–Crippen LogP) is 2.61. The van der Waals surface area contributed by atoms with Gasteiger partial charge in [0.2, 0.25) is 0 Å². The molecule has 0 saturated carbocycles. The lowest BCUT2D eigenvalue weighted by atomic mass is 9.80. The van der Waals surface area contributed by atoms with Gasteiger partial charge in [0.05, 0.1) is 6.21 Å². The van der Waals surface area contributed by atoms with Crippen LogP contribution in [0.4, 0.5) is 0 Å². The van der Waals surface area contributed by atoms with E-state index in [2.05, 4.69) is 30.3 Å². The molecule has 0 amide bonds. The molecule has 2 unspecified atom stereocenters. The smallest absolute Gasteiger partial charge is 0.160 e. The van der Waals surface area contributed by atoms with Crippen molar-refractivity contribution in [1.29, 1.82) is 0 Å². The minimum absolute atomic E-state index is 0.194. The SMILES string of the molecule is Cc1cccc2c1C1ON=CC1CC2. The Labute approximate surface area is 83.6 Å². The Hall–Kier alpha value is -1.31. The van der Waals surface area contributed by atoms with Crippen LogP contribution in [-0.2, 0) is 11.3 Å². The normalized spacial score (nSPS) is 28.1. The molecule has 1 aromatic rings. The maximum Gasteiger partial charge on any atom is 0.160 e. The Balaban J connectivity index is 2.13. The number of hydrogen-bond acceptors (Lipinski definition) is 2. The van der Waals surface area contributed by atoms with Crippen molar-refractivity contribution < 1.29 is 4.84 Å². The third kappa shape index (κ3) is 0.999. The quantitative estimate of drug-likeness (QED) is 0.611. The summed E-state index contributed by atoms with van der Waals surface area (Å²) in [7, 11) is 0. The highest BCUT2D eigenvalue weighted by Crippen LogP contribution is 2.40. The largest absolute Gasteiger partial charge is 0.387 e. The van der Waals surface area contributed by atoms with E-state index in [0.717, 1.165) is 6.42 Å². The molecule has 0 aromatic heterocycles. The first-order valence-electron chi connectivity index (χ1n) is 5.14. The second-order valence-corrected chi connectivity index (χ2v) is 4.13. The fraction of sp³-hybridized carbons (Fsp3) is 0.417. The van der Waals surface area contributed by atoms with Crippen molar-refractivity contribution in [2.45, 2.75) is 25.9 Å². The van der Waals surface area contributed by atoms with Crippen LogP contribution < -0.4 is 0 Å². The molecule has 2 heteroatoms. The predicted molar refractivity (Wildman–Crippen MR) is 55.3 cm³/mol. The molecule has 14 heavy (non-hydrogen) atoms. The summed E-state index contributed by atoms with van der Waals surface area (Å²) in [5.74, 6) is 0.503. The molecule has 1 aliphatic carbocycles. The standard InChI is InChI=1S/C12H13NO/c1-8-3-2-4-9-5-6-10-7-13-14-12(10)11(8)9/h2-4,7,10,12H,5-6H2,1H3. The summed E-state index contributed by atoms with van der Waals surface area (Å²) in [6.07, 6.45) is 4.48. The van der Waals surface area contributed by atoms with Gasteiger partial charge in [-0.1, -0.05) is 23.4 Å². The zero-order valence-corrected chi connectivity index (χ0v) is 8.23. The maximum absolute atomic E-state index is 5.43. The summed E-state index contributed by atoms with van der Waals surface area (Å²) < 4.78 is 0. The molecule has 2 nitrogen and oxygen atoms in total. The molecule has 2 atom stereocenters. The van der Waals surface area contributed by atoms with Gasteiger partial charge in [-0.3, -0.25) is 0 Å². The lowest BCUT2D eigenvalue weighted by molar-refractivity contribution is 0.0537. The van der Waals surface area contributed by atoms with Gasteiger partial charge in [0, 0.05) is 11.5 Å². The molecule has 0 bridgehead atoms. The highest BCUT2D eigenvalue weighted by molar-refractivity contribution is 5.64. The van der Waals surface area contributed by atoms with E-state index >= 15 is 0 Å². The minimum Gasteiger partial charge on any atom is -0.387 e. The molecule has 1 aromatic carbocycles. The molecule has 0 saturated heterocycles. The number of aryl methyl sites for hydroxylation is 2. The Kier molecular flexibility index (Phi) is 1.63. The Morgan fingerprint density at radius 3 is 3.29 bits per heavy atom. The van der Waals surface area contributed by atoms with Crippen LogP contribution in [0.1, 0.15) is 29.2 Å². The van der Waals surface area contributed by atoms with Crippen LogP contribution in [0.3, 0.4) is 0 Å². The van der Waals surface area contributed by atoms with E-state index in [4.69, 9.17) is 4.84 Å². The second-order valence-electron chi connectivity index (χ2n) is 4.13. The summed E-state index contributed by atoms with van der Waals surface area (Å²) in [5.41, 5.74) is 4.15. The average Bonchev–Trinajstić information content (AvgIpc) is 2.65. The number of benzene rings is 1.